The largest absolute Gasteiger partial charge is 0.416 e. The second kappa shape index (κ2) is 6.27. The number of benzene rings is 1. The van der Waals surface area contributed by atoms with Gasteiger partial charge in [-0.2, -0.15) is 0 Å². The summed E-state index contributed by atoms with van der Waals surface area (Å²) in [5, 5.41) is 8.11. The molecular formula is C16H17N5O2S. The number of nitrogens with one attached hydrogen (secondary N) is 1. The van der Waals surface area contributed by atoms with Gasteiger partial charge < -0.3 is 14.3 Å². The van der Waals surface area contributed by atoms with Crippen LogP contribution in [0.15, 0.2) is 33.9 Å². The summed E-state index contributed by atoms with van der Waals surface area (Å²) in [6.45, 7) is 2.49. The number of rotatable bonds is 4. The van der Waals surface area contributed by atoms with Crippen molar-refractivity contribution in [2.24, 2.45) is 0 Å². The van der Waals surface area contributed by atoms with Crippen molar-refractivity contribution in [3.8, 4) is 0 Å². The Morgan fingerprint density at radius 1 is 1.42 bits per heavy atom. The van der Waals surface area contributed by atoms with Gasteiger partial charge in [-0.25, -0.2) is 4.98 Å². The van der Waals surface area contributed by atoms with E-state index in [2.05, 4.69) is 20.2 Å². The third kappa shape index (κ3) is 2.89. The van der Waals surface area contributed by atoms with Crippen molar-refractivity contribution in [1.82, 2.24) is 25.1 Å². The monoisotopic (exact) mass is 343 g/mol. The lowest BCUT2D eigenvalue weighted by Crippen LogP contribution is -2.32. The first-order valence-corrected chi connectivity index (χ1v) is 8.86. The minimum absolute atomic E-state index is 0.00919. The molecule has 1 N–H and O–H groups in total. The van der Waals surface area contributed by atoms with Crippen molar-refractivity contribution in [2.45, 2.75) is 31.0 Å². The highest BCUT2D eigenvalue weighted by Gasteiger charge is 2.32. The minimum atomic E-state index is 0.00919. The number of H-pyrrole nitrogens is 1. The average molecular weight is 343 g/mol. The Bertz CT molecular complexity index is 841. The number of carbonyl (C=O) groups is 1. The molecule has 8 heteroatoms. The number of aryl methyl sites for hydroxylation is 1. The first-order valence-electron chi connectivity index (χ1n) is 7.88. The van der Waals surface area contributed by atoms with E-state index in [4.69, 9.17) is 4.42 Å². The first-order chi connectivity index (χ1) is 11.7. The third-order valence-corrected chi connectivity index (χ3v) is 4.93. The van der Waals surface area contributed by atoms with Crippen molar-refractivity contribution in [2.75, 3.05) is 12.3 Å². The molecule has 0 saturated carbocycles. The predicted octanol–water partition coefficient (Wildman–Crippen LogP) is 2.71. The third-order valence-electron chi connectivity index (χ3n) is 4.12. The number of para-hydroxylation sites is 2. The summed E-state index contributed by atoms with van der Waals surface area (Å²) in [7, 11) is 0. The molecule has 1 amide bonds. The maximum atomic E-state index is 12.6. The molecule has 4 rings (SSSR count). The molecule has 0 spiro atoms. The summed E-state index contributed by atoms with van der Waals surface area (Å²) in [6, 6.07) is 7.93. The van der Waals surface area contributed by atoms with E-state index in [1.54, 1.807) is 6.92 Å². The normalized spacial score (nSPS) is 17.7. The van der Waals surface area contributed by atoms with E-state index >= 15 is 0 Å². The van der Waals surface area contributed by atoms with Crippen LogP contribution >= 0.6 is 11.8 Å². The predicted molar refractivity (Wildman–Crippen MR) is 89.5 cm³/mol. The summed E-state index contributed by atoms with van der Waals surface area (Å²) >= 11 is 1.28. The second-order valence-electron chi connectivity index (χ2n) is 5.76. The standard InChI is InChI=1S/C16H17N5O2S/c1-10-19-20-16(23-10)24-9-14(22)21-8-4-7-13(21)15-17-11-5-2-3-6-12(11)18-15/h2-3,5-6,13H,4,7-9H2,1H3,(H,17,18). The average Bonchev–Trinajstić information content (AvgIpc) is 3.30. The SMILES string of the molecule is Cc1nnc(SCC(=O)N2CCCC2c2nc3ccccc3[nH]2)o1. The van der Waals surface area contributed by atoms with E-state index in [-0.39, 0.29) is 11.9 Å². The Kier molecular flexibility index (Phi) is 3.97. The molecule has 1 aromatic carbocycles. The lowest BCUT2D eigenvalue weighted by atomic mass is 10.2. The number of hydrogen-bond acceptors (Lipinski definition) is 6. The Morgan fingerprint density at radius 2 is 2.29 bits per heavy atom. The van der Waals surface area contributed by atoms with Gasteiger partial charge in [-0.1, -0.05) is 23.9 Å². The van der Waals surface area contributed by atoms with E-state index < -0.39 is 0 Å². The number of imidazole rings is 1. The minimum Gasteiger partial charge on any atom is -0.416 e. The van der Waals surface area contributed by atoms with Gasteiger partial charge in [0, 0.05) is 13.5 Å². The Morgan fingerprint density at radius 3 is 3.08 bits per heavy atom. The number of aromatic amines is 1. The van der Waals surface area contributed by atoms with Crippen molar-refractivity contribution in [1.29, 1.82) is 0 Å². The van der Waals surface area contributed by atoms with Crippen LogP contribution in [-0.2, 0) is 4.79 Å². The van der Waals surface area contributed by atoms with Gasteiger partial charge in [-0.3, -0.25) is 4.79 Å². The van der Waals surface area contributed by atoms with E-state index in [0.717, 1.165) is 36.2 Å². The molecule has 3 aromatic rings. The number of carbonyl (C=O) groups excluding carboxylic acids is 1. The molecule has 0 bridgehead atoms. The van der Waals surface area contributed by atoms with Crippen LogP contribution in [0.5, 0.6) is 0 Å². The Labute approximate surface area is 142 Å². The lowest BCUT2D eigenvalue weighted by Gasteiger charge is -2.22. The van der Waals surface area contributed by atoms with Crippen LogP contribution in [0.2, 0.25) is 0 Å². The number of hydrogen-bond donors (Lipinski definition) is 1. The molecule has 0 aliphatic carbocycles. The van der Waals surface area contributed by atoms with Gasteiger partial charge in [0.25, 0.3) is 5.22 Å². The fraction of sp³-hybridized carbons (Fsp3) is 0.375. The lowest BCUT2D eigenvalue weighted by molar-refractivity contribution is -0.129. The number of likely N-dealkylation sites (tertiary alicyclic amines) is 1. The van der Waals surface area contributed by atoms with Crippen LogP contribution in [0, 0.1) is 6.92 Å². The summed E-state index contributed by atoms with van der Waals surface area (Å²) in [6.07, 6.45) is 1.91. The molecular weight excluding hydrogens is 326 g/mol. The zero-order valence-electron chi connectivity index (χ0n) is 13.2. The molecule has 1 aliphatic heterocycles. The number of amides is 1. The van der Waals surface area contributed by atoms with Crippen LogP contribution in [0.4, 0.5) is 0 Å². The maximum Gasteiger partial charge on any atom is 0.277 e. The highest BCUT2D eigenvalue weighted by Crippen LogP contribution is 2.32. The molecule has 124 valence electrons. The van der Waals surface area contributed by atoms with E-state index in [1.165, 1.54) is 11.8 Å². The van der Waals surface area contributed by atoms with Gasteiger partial charge in [-0.05, 0) is 25.0 Å². The van der Waals surface area contributed by atoms with Crippen molar-refractivity contribution >= 4 is 28.7 Å². The second-order valence-corrected chi connectivity index (χ2v) is 6.69. The summed E-state index contributed by atoms with van der Waals surface area (Å²) in [5.74, 6) is 1.73. The summed E-state index contributed by atoms with van der Waals surface area (Å²) < 4.78 is 5.30. The molecule has 3 heterocycles. The fourth-order valence-corrected chi connectivity index (χ4v) is 3.71. The van der Waals surface area contributed by atoms with Crippen LogP contribution in [0.25, 0.3) is 11.0 Å². The molecule has 0 radical (unpaired) electrons. The number of thioether (sulfide) groups is 1. The molecule has 1 aliphatic rings. The van der Waals surface area contributed by atoms with Crippen molar-refractivity contribution in [3.05, 3.63) is 36.0 Å². The molecule has 7 nitrogen and oxygen atoms in total. The van der Waals surface area contributed by atoms with E-state index in [1.807, 2.05) is 29.2 Å². The summed E-state index contributed by atoms with van der Waals surface area (Å²) in [4.78, 5) is 22.5. The topological polar surface area (TPSA) is 87.9 Å². The van der Waals surface area contributed by atoms with Crippen LogP contribution in [0.3, 0.4) is 0 Å². The number of aromatic nitrogens is 4. The van der Waals surface area contributed by atoms with Crippen molar-refractivity contribution < 1.29 is 9.21 Å². The molecule has 1 unspecified atom stereocenters. The maximum absolute atomic E-state index is 12.6. The Hall–Kier alpha value is -2.35. The number of nitrogens with zero attached hydrogens (tertiary/aromatic N) is 4. The molecule has 24 heavy (non-hydrogen) atoms. The first kappa shape index (κ1) is 15.2. The van der Waals surface area contributed by atoms with Gasteiger partial charge in [0.05, 0.1) is 22.8 Å². The van der Waals surface area contributed by atoms with Crippen LogP contribution in [0.1, 0.15) is 30.6 Å². The van der Waals surface area contributed by atoms with E-state index in [9.17, 15) is 4.79 Å². The van der Waals surface area contributed by atoms with Crippen molar-refractivity contribution in [3.63, 3.8) is 0 Å². The fourth-order valence-electron chi connectivity index (χ4n) is 3.02. The van der Waals surface area contributed by atoms with Gasteiger partial charge >= 0.3 is 0 Å². The highest BCUT2D eigenvalue weighted by molar-refractivity contribution is 7.99. The zero-order chi connectivity index (χ0) is 16.5. The molecule has 1 atom stereocenters. The Balaban J connectivity index is 1.48. The zero-order valence-corrected chi connectivity index (χ0v) is 14.0. The van der Waals surface area contributed by atoms with Gasteiger partial charge in [-0.15, -0.1) is 10.2 Å². The smallest absolute Gasteiger partial charge is 0.277 e. The van der Waals surface area contributed by atoms with Gasteiger partial charge in [0.1, 0.15) is 5.82 Å². The molecule has 2 aromatic heterocycles. The quantitative estimate of drug-likeness (QED) is 0.733. The van der Waals surface area contributed by atoms with Crippen LogP contribution < -0.4 is 0 Å². The summed E-state index contributed by atoms with van der Waals surface area (Å²) in [5.41, 5.74) is 1.94. The van der Waals surface area contributed by atoms with Gasteiger partial charge in [0.15, 0.2) is 0 Å². The highest BCUT2D eigenvalue weighted by atomic mass is 32.2. The molecule has 1 fully saturated rings. The van der Waals surface area contributed by atoms with Crippen LogP contribution in [-0.4, -0.2) is 43.3 Å². The molecule has 1 saturated heterocycles. The van der Waals surface area contributed by atoms with Gasteiger partial charge in [0.2, 0.25) is 11.8 Å². The van der Waals surface area contributed by atoms with E-state index in [0.29, 0.717) is 16.9 Å². The number of fused-ring (bicyclic) bond motifs is 1.